The molecule has 1 aromatic heterocycles. The van der Waals surface area contributed by atoms with Crippen molar-refractivity contribution < 1.29 is 38.9 Å². The van der Waals surface area contributed by atoms with E-state index < -0.39 is 41.8 Å². The predicted octanol–water partition coefficient (Wildman–Crippen LogP) is 1.61. The first-order valence-corrected chi connectivity index (χ1v) is 10.7. The SMILES string of the molecule is CC(NC(=O)OC(C)(C)C)C(=O)O.COC(=O)C(C)N.NC(Cc1c[nH]c2ccccc12)C(=O)O. The molecule has 0 radical (unpaired) electrons. The molecule has 12 nitrogen and oxygen atoms in total. The van der Waals surface area contributed by atoms with Gasteiger partial charge in [-0.1, -0.05) is 18.2 Å². The Morgan fingerprint density at radius 1 is 1.06 bits per heavy atom. The van der Waals surface area contributed by atoms with Crippen LogP contribution in [0.2, 0.25) is 0 Å². The second-order valence-corrected chi connectivity index (χ2v) is 8.53. The number of carboxylic acid groups (broad SMARTS) is 2. The Bertz CT molecular complexity index is 981. The highest BCUT2D eigenvalue weighted by atomic mass is 16.6. The highest BCUT2D eigenvalue weighted by Crippen LogP contribution is 2.18. The Hall–Kier alpha value is -3.64. The molecular formula is C23H36N4O8. The maximum atomic E-state index is 11.0. The molecule has 0 saturated heterocycles. The van der Waals surface area contributed by atoms with Crippen LogP contribution in [0, 0.1) is 0 Å². The molecule has 2 aromatic rings. The van der Waals surface area contributed by atoms with E-state index in [2.05, 4.69) is 15.0 Å². The maximum Gasteiger partial charge on any atom is 0.408 e. The number of amides is 1. The van der Waals surface area contributed by atoms with Crippen LogP contribution < -0.4 is 16.8 Å². The first-order chi connectivity index (χ1) is 16.1. The van der Waals surface area contributed by atoms with E-state index in [-0.39, 0.29) is 5.97 Å². The van der Waals surface area contributed by atoms with Crippen molar-refractivity contribution in [2.75, 3.05) is 7.11 Å². The van der Waals surface area contributed by atoms with Gasteiger partial charge in [-0.05, 0) is 46.2 Å². The summed E-state index contributed by atoms with van der Waals surface area (Å²) in [6.45, 7) is 8.06. The van der Waals surface area contributed by atoms with Crippen LogP contribution in [0.25, 0.3) is 10.9 Å². The lowest BCUT2D eigenvalue weighted by atomic mass is 10.1. The number of ether oxygens (including phenoxy) is 2. The number of aromatic nitrogens is 1. The second-order valence-electron chi connectivity index (χ2n) is 8.53. The molecule has 2 rings (SSSR count). The highest BCUT2D eigenvalue weighted by molar-refractivity contribution is 5.84. The summed E-state index contributed by atoms with van der Waals surface area (Å²) in [4.78, 5) is 45.2. The van der Waals surface area contributed by atoms with Crippen LogP contribution in [0.1, 0.15) is 40.2 Å². The molecule has 8 N–H and O–H groups in total. The lowest BCUT2D eigenvalue weighted by molar-refractivity contribution is -0.142. The third-order valence-corrected chi connectivity index (χ3v) is 4.11. The average molecular weight is 497 g/mol. The number of aliphatic carboxylic acids is 2. The number of carboxylic acids is 2. The van der Waals surface area contributed by atoms with Crippen molar-refractivity contribution in [1.82, 2.24) is 10.3 Å². The van der Waals surface area contributed by atoms with Crippen molar-refractivity contribution in [2.45, 2.75) is 64.8 Å². The minimum atomic E-state index is -1.09. The number of aromatic amines is 1. The number of carbonyl (C=O) groups is 4. The molecule has 3 atom stereocenters. The summed E-state index contributed by atoms with van der Waals surface area (Å²) in [7, 11) is 1.31. The quantitative estimate of drug-likeness (QED) is 0.318. The number of benzene rings is 1. The molecule has 0 fully saturated rings. The third-order valence-electron chi connectivity index (χ3n) is 4.11. The average Bonchev–Trinajstić information content (AvgIpc) is 3.15. The zero-order valence-electron chi connectivity index (χ0n) is 20.8. The topological polar surface area (TPSA) is 207 Å². The van der Waals surface area contributed by atoms with E-state index in [9.17, 15) is 19.2 Å². The first-order valence-electron chi connectivity index (χ1n) is 10.7. The number of hydrogen-bond acceptors (Lipinski definition) is 8. The van der Waals surface area contributed by atoms with Crippen LogP contribution in [0.5, 0.6) is 0 Å². The van der Waals surface area contributed by atoms with Crippen molar-refractivity contribution in [2.24, 2.45) is 11.5 Å². The summed E-state index contributed by atoms with van der Waals surface area (Å²) in [6.07, 6.45) is 1.44. The minimum absolute atomic E-state index is 0.347. The molecule has 12 heteroatoms. The molecule has 196 valence electrons. The Morgan fingerprint density at radius 3 is 2.06 bits per heavy atom. The number of fused-ring (bicyclic) bond motifs is 1. The highest BCUT2D eigenvalue weighted by Gasteiger charge is 2.20. The molecule has 0 aliphatic rings. The number of nitrogens with two attached hydrogens (primary N) is 2. The van der Waals surface area contributed by atoms with Crippen LogP contribution in [0.15, 0.2) is 30.5 Å². The van der Waals surface area contributed by atoms with Crippen molar-refractivity contribution in [3.05, 3.63) is 36.0 Å². The van der Waals surface area contributed by atoms with Gasteiger partial charge >= 0.3 is 24.0 Å². The van der Waals surface area contributed by atoms with E-state index in [0.29, 0.717) is 6.42 Å². The zero-order valence-corrected chi connectivity index (χ0v) is 20.8. The van der Waals surface area contributed by atoms with Gasteiger partial charge in [-0.3, -0.25) is 14.4 Å². The second kappa shape index (κ2) is 14.6. The summed E-state index contributed by atoms with van der Waals surface area (Å²) in [6, 6.07) is 5.48. The van der Waals surface area contributed by atoms with Gasteiger partial charge in [-0.25, -0.2) is 4.79 Å². The molecule has 3 unspecified atom stereocenters. The van der Waals surface area contributed by atoms with E-state index in [1.54, 1.807) is 27.7 Å². The Kier molecular flexibility index (Phi) is 13.1. The van der Waals surface area contributed by atoms with Gasteiger partial charge in [-0.15, -0.1) is 0 Å². The van der Waals surface area contributed by atoms with Gasteiger partial charge in [-0.2, -0.15) is 0 Å². The van der Waals surface area contributed by atoms with Crippen LogP contribution in [-0.2, 0) is 30.3 Å². The standard InChI is InChI=1S/C11H12N2O2.C8H15NO4.C4H9NO2/c12-9(11(14)15)5-7-6-13-10-4-2-1-3-8(7)10;1-5(6(10)11)9-7(12)13-8(2,3)4;1-3(5)4(6)7-2/h1-4,6,9,13H,5,12H2,(H,14,15);5H,1-4H3,(H,9,12)(H,10,11);3H,5H2,1-2H3. The smallest absolute Gasteiger partial charge is 0.408 e. The minimum Gasteiger partial charge on any atom is -0.480 e. The number of carbonyl (C=O) groups excluding carboxylic acids is 2. The Balaban J connectivity index is 0.000000530. The number of methoxy groups -OCH3 is 1. The number of hydrogen-bond donors (Lipinski definition) is 6. The fourth-order valence-electron chi connectivity index (χ4n) is 2.36. The van der Waals surface area contributed by atoms with Crippen molar-refractivity contribution in [3.8, 4) is 0 Å². The lowest BCUT2D eigenvalue weighted by Gasteiger charge is -2.20. The van der Waals surface area contributed by atoms with Crippen molar-refractivity contribution >= 4 is 34.9 Å². The van der Waals surface area contributed by atoms with Crippen LogP contribution >= 0.6 is 0 Å². The van der Waals surface area contributed by atoms with Gasteiger partial charge in [0.15, 0.2) is 0 Å². The number of H-pyrrole nitrogens is 1. The van der Waals surface area contributed by atoms with Gasteiger partial charge in [0.1, 0.15) is 23.7 Å². The summed E-state index contributed by atoms with van der Waals surface area (Å²) in [5.41, 5.74) is 11.9. The summed E-state index contributed by atoms with van der Waals surface area (Å²) >= 11 is 0. The van der Waals surface area contributed by atoms with Gasteiger partial charge < -0.3 is 41.5 Å². The summed E-state index contributed by atoms with van der Waals surface area (Å²) < 4.78 is 9.09. The monoisotopic (exact) mass is 496 g/mol. The molecule has 1 heterocycles. The fourth-order valence-corrected chi connectivity index (χ4v) is 2.36. The van der Waals surface area contributed by atoms with E-state index in [4.69, 9.17) is 26.4 Å². The number of nitrogens with one attached hydrogen (secondary N) is 2. The number of alkyl carbamates (subject to hydrolysis) is 1. The molecule has 1 amide bonds. The zero-order chi connectivity index (χ0) is 27.3. The van der Waals surface area contributed by atoms with Crippen molar-refractivity contribution in [1.29, 1.82) is 0 Å². The number of para-hydroxylation sites is 1. The molecule has 0 spiro atoms. The van der Waals surface area contributed by atoms with Gasteiger partial charge in [0, 0.05) is 23.5 Å². The van der Waals surface area contributed by atoms with E-state index >= 15 is 0 Å². The predicted molar refractivity (Wildman–Crippen MR) is 130 cm³/mol. The molecule has 35 heavy (non-hydrogen) atoms. The maximum absolute atomic E-state index is 11.0. The van der Waals surface area contributed by atoms with E-state index in [1.807, 2.05) is 30.5 Å². The molecule has 0 aliphatic heterocycles. The summed E-state index contributed by atoms with van der Waals surface area (Å²) in [5.74, 6) is -2.44. The molecule has 0 saturated carbocycles. The molecule has 0 bridgehead atoms. The first kappa shape index (κ1) is 31.4. The third kappa shape index (κ3) is 13.0. The van der Waals surface area contributed by atoms with Crippen LogP contribution in [-0.4, -0.2) is 70.0 Å². The van der Waals surface area contributed by atoms with Crippen LogP contribution in [0.4, 0.5) is 4.79 Å². The van der Waals surface area contributed by atoms with E-state index in [1.165, 1.54) is 14.0 Å². The molecular weight excluding hydrogens is 460 g/mol. The van der Waals surface area contributed by atoms with Crippen molar-refractivity contribution in [3.63, 3.8) is 0 Å². The largest absolute Gasteiger partial charge is 0.480 e. The number of esters is 1. The molecule has 1 aromatic carbocycles. The summed E-state index contributed by atoms with van der Waals surface area (Å²) in [5, 5.41) is 20.4. The van der Waals surface area contributed by atoms with Crippen LogP contribution in [0.3, 0.4) is 0 Å². The Labute approximate surface area is 203 Å². The lowest BCUT2D eigenvalue weighted by Crippen LogP contribution is -2.41. The van der Waals surface area contributed by atoms with E-state index in [0.717, 1.165) is 16.5 Å². The molecule has 0 aliphatic carbocycles. The number of rotatable bonds is 6. The van der Waals surface area contributed by atoms with Gasteiger partial charge in [0.2, 0.25) is 0 Å². The van der Waals surface area contributed by atoms with Gasteiger partial charge in [0.05, 0.1) is 7.11 Å². The van der Waals surface area contributed by atoms with Gasteiger partial charge in [0.25, 0.3) is 0 Å². The fraction of sp³-hybridized carbons (Fsp3) is 0.478. The normalized spacial score (nSPS) is 13.0. The Morgan fingerprint density at radius 2 is 1.63 bits per heavy atom.